The molecule has 2 nitrogen and oxygen atoms in total. The molecular weight excluding hydrogens is 206 g/mol. The summed E-state index contributed by atoms with van der Waals surface area (Å²) in [5.74, 6) is 2.03. The van der Waals surface area contributed by atoms with Gasteiger partial charge in [0.2, 0.25) is 0 Å². The largest absolute Gasteiger partial charge is 0.381 e. The van der Waals surface area contributed by atoms with E-state index in [1.165, 1.54) is 25.0 Å². The van der Waals surface area contributed by atoms with E-state index in [0.717, 1.165) is 24.4 Å². The van der Waals surface area contributed by atoms with Crippen molar-refractivity contribution in [3.63, 3.8) is 0 Å². The van der Waals surface area contributed by atoms with Crippen LogP contribution in [0.5, 0.6) is 0 Å². The van der Waals surface area contributed by atoms with Gasteiger partial charge in [0, 0.05) is 30.3 Å². The second-order valence-corrected chi connectivity index (χ2v) is 5.76. The van der Waals surface area contributed by atoms with E-state index in [4.69, 9.17) is 4.74 Å². The summed E-state index contributed by atoms with van der Waals surface area (Å²) in [5, 5.41) is 4.27. The summed E-state index contributed by atoms with van der Waals surface area (Å²) in [6.45, 7) is 6.54. The second-order valence-electron chi connectivity index (χ2n) is 4.43. The first-order valence-electron chi connectivity index (χ1n) is 6.14. The number of rotatable bonds is 6. The summed E-state index contributed by atoms with van der Waals surface area (Å²) in [5.41, 5.74) is 0. The molecule has 3 heteroatoms. The number of nitrogens with one attached hydrogen (secondary N) is 1. The van der Waals surface area contributed by atoms with Crippen LogP contribution in [0.15, 0.2) is 0 Å². The summed E-state index contributed by atoms with van der Waals surface area (Å²) >= 11 is 2.13. The van der Waals surface area contributed by atoms with Gasteiger partial charge in [0.15, 0.2) is 0 Å². The monoisotopic (exact) mass is 231 g/mol. The molecule has 0 spiro atoms. The van der Waals surface area contributed by atoms with E-state index >= 15 is 0 Å². The lowest BCUT2D eigenvalue weighted by Crippen LogP contribution is -2.35. The highest BCUT2D eigenvalue weighted by atomic mass is 32.2. The number of hydrogen-bond acceptors (Lipinski definition) is 3. The first-order chi connectivity index (χ1) is 7.27. The van der Waals surface area contributed by atoms with Crippen LogP contribution < -0.4 is 5.32 Å². The highest BCUT2D eigenvalue weighted by molar-refractivity contribution is 7.99. The van der Waals surface area contributed by atoms with Gasteiger partial charge in [-0.1, -0.05) is 20.3 Å². The topological polar surface area (TPSA) is 21.3 Å². The fourth-order valence-corrected chi connectivity index (χ4v) is 3.40. The zero-order valence-corrected chi connectivity index (χ0v) is 11.1. The Morgan fingerprint density at radius 2 is 2.07 bits per heavy atom. The van der Waals surface area contributed by atoms with Crippen LogP contribution in [0.2, 0.25) is 0 Å². The molecule has 1 rings (SSSR count). The van der Waals surface area contributed by atoms with Gasteiger partial charge in [0.1, 0.15) is 0 Å². The van der Waals surface area contributed by atoms with Crippen molar-refractivity contribution in [2.24, 2.45) is 5.92 Å². The van der Waals surface area contributed by atoms with Crippen LogP contribution in [0, 0.1) is 5.92 Å². The summed E-state index contributed by atoms with van der Waals surface area (Å²) in [6, 6.07) is 0.669. The minimum Gasteiger partial charge on any atom is -0.381 e. The standard InChI is InChI=1S/C12H25NOS/c1-4-10(2)12(13-3)9-15-11-5-7-14-8-6-11/h10-13H,4-9H2,1-3H3. The van der Waals surface area contributed by atoms with Gasteiger partial charge >= 0.3 is 0 Å². The van der Waals surface area contributed by atoms with E-state index in [0.29, 0.717) is 6.04 Å². The lowest BCUT2D eigenvalue weighted by Gasteiger charge is -2.26. The second kappa shape index (κ2) is 7.53. The predicted octanol–water partition coefficient (Wildman–Crippen LogP) is 2.53. The molecule has 1 heterocycles. The van der Waals surface area contributed by atoms with Crippen molar-refractivity contribution in [2.45, 2.75) is 44.4 Å². The van der Waals surface area contributed by atoms with Crippen molar-refractivity contribution in [3.05, 3.63) is 0 Å². The molecule has 0 bridgehead atoms. The van der Waals surface area contributed by atoms with Crippen LogP contribution in [0.4, 0.5) is 0 Å². The molecule has 0 aromatic carbocycles. The van der Waals surface area contributed by atoms with Crippen LogP contribution in [0.1, 0.15) is 33.1 Å². The maximum atomic E-state index is 5.37. The zero-order chi connectivity index (χ0) is 11.1. The summed E-state index contributed by atoms with van der Waals surface area (Å²) in [6.07, 6.45) is 3.74. The predicted molar refractivity (Wildman–Crippen MR) is 68.6 cm³/mol. The van der Waals surface area contributed by atoms with Gasteiger partial charge in [-0.15, -0.1) is 0 Å². The normalized spacial score (nSPS) is 22.6. The molecule has 1 aliphatic rings. The fourth-order valence-electron chi connectivity index (χ4n) is 1.90. The average Bonchev–Trinajstić information content (AvgIpc) is 2.31. The molecule has 2 unspecified atom stereocenters. The van der Waals surface area contributed by atoms with Crippen molar-refractivity contribution in [3.8, 4) is 0 Å². The van der Waals surface area contributed by atoms with Gasteiger partial charge in [0.05, 0.1) is 0 Å². The fraction of sp³-hybridized carbons (Fsp3) is 1.00. The van der Waals surface area contributed by atoms with E-state index in [2.05, 4.69) is 38.0 Å². The summed E-state index contributed by atoms with van der Waals surface area (Å²) in [7, 11) is 2.08. The molecule has 2 atom stereocenters. The van der Waals surface area contributed by atoms with Crippen molar-refractivity contribution < 1.29 is 4.74 Å². The molecule has 0 aromatic heterocycles. The summed E-state index contributed by atoms with van der Waals surface area (Å²) in [4.78, 5) is 0. The van der Waals surface area contributed by atoms with Crippen LogP contribution in [0.25, 0.3) is 0 Å². The van der Waals surface area contributed by atoms with E-state index in [9.17, 15) is 0 Å². The highest BCUT2D eigenvalue weighted by Gasteiger charge is 2.18. The first kappa shape index (κ1) is 13.3. The summed E-state index contributed by atoms with van der Waals surface area (Å²) < 4.78 is 5.37. The van der Waals surface area contributed by atoms with Gasteiger partial charge < -0.3 is 10.1 Å². The first-order valence-corrected chi connectivity index (χ1v) is 7.19. The zero-order valence-electron chi connectivity index (χ0n) is 10.3. The molecule has 0 aromatic rings. The minimum absolute atomic E-state index is 0.669. The molecule has 15 heavy (non-hydrogen) atoms. The number of thioether (sulfide) groups is 1. The van der Waals surface area contributed by atoms with E-state index < -0.39 is 0 Å². The molecule has 0 aliphatic carbocycles. The SMILES string of the molecule is CCC(C)C(CSC1CCOCC1)NC. The Labute approximate surface area is 98.5 Å². The third-order valence-electron chi connectivity index (χ3n) is 3.38. The lowest BCUT2D eigenvalue weighted by molar-refractivity contribution is 0.1000. The molecule has 90 valence electrons. The molecule has 1 N–H and O–H groups in total. The highest BCUT2D eigenvalue weighted by Crippen LogP contribution is 2.24. The van der Waals surface area contributed by atoms with Crippen molar-refractivity contribution in [1.29, 1.82) is 0 Å². The Hall–Kier alpha value is 0.270. The van der Waals surface area contributed by atoms with E-state index in [-0.39, 0.29) is 0 Å². The van der Waals surface area contributed by atoms with Crippen LogP contribution in [-0.4, -0.2) is 37.3 Å². The van der Waals surface area contributed by atoms with Gasteiger partial charge in [-0.05, 0) is 25.8 Å². The Balaban J connectivity index is 2.20. The Morgan fingerprint density at radius 1 is 1.40 bits per heavy atom. The van der Waals surface area contributed by atoms with Gasteiger partial charge in [-0.2, -0.15) is 11.8 Å². The van der Waals surface area contributed by atoms with Crippen LogP contribution in [-0.2, 0) is 4.74 Å². The molecule has 1 saturated heterocycles. The van der Waals surface area contributed by atoms with Crippen LogP contribution in [0.3, 0.4) is 0 Å². The maximum absolute atomic E-state index is 5.37. The van der Waals surface area contributed by atoms with Crippen molar-refractivity contribution >= 4 is 11.8 Å². The Bertz CT molecular complexity index is 160. The molecule has 0 amide bonds. The van der Waals surface area contributed by atoms with Crippen molar-refractivity contribution in [2.75, 3.05) is 26.0 Å². The smallest absolute Gasteiger partial charge is 0.0476 e. The van der Waals surface area contributed by atoms with Gasteiger partial charge in [-0.25, -0.2) is 0 Å². The Morgan fingerprint density at radius 3 is 2.60 bits per heavy atom. The van der Waals surface area contributed by atoms with Gasteiger partial charge in [-0.3, -0.25) is 0 Å². The van der Waals surface area contributed by atoms with E-state index in [1.54, 1.807) is 0 Å². The quantitative estimate of drug-likeness (QED) is 0.759. The molecule has 1 aliphatic heterocycles. The van der Waals surface area contributed by atoms with Crippen molar-refractivity contribution in [1.82, 2.24) is 5.32 Å². The maximum Gasteiger partial charge on any atom is 0.0476 e. The molecule has 0 saturated carbocycles. The molecule has 1 fully saturated rings. The Kier molecular flexibility index (Phi) is 6.69. The third-order valence-corrected chi connectivity index (χ3v) is 4.88. The van der Waals surface area contributed by atoms with Crippen LogP contribution >= 0.6 is 11.8 Å². The average molecular weight is 231 g/mol. The number of hydrogen-bond donors (Lipinski definition) is 1. The third kappa shape index (κ3) is 4.75. The molecule has 0 radical (unpaired) electrons. The van der Waals surface area contributed by atoms with Gasteiger partial charge in [0.25, 0.3) is 0 Å². The van der Waals surface area contributed by atoms with E-state index in [1.807, 2.05) is 0 Å². The molecular formula is C12H25NOS. The number of ether oxygens (including phenoxy) is 1. The lowest BCUT2D eigenvalue weighted by atomic mass is 10.0. The minimum atomic E-state index is 0.669.